The number of sulfonamides is 1. The van der Waals surface area contributed by atoms with Crippen LogP contribution in [0.3, 0.4) is 0 Å². The third-order valence-electron chi connectivity index (χ3n) is 4.00. The Morgan fingerprint density at radius 3 is 2.85 bits per heavy atom. The summed E-state index contributed by atoms with van der Waals surface area (Å²) in [6, 6.07) is 5.25. The zero-order valence-electron chi connectivity index (χ0n) is 14.2. The van der Waals surface area contributed by atoms with Gasteiger partial charge in [0.15, 0.2) is 0 Å². The first-order chi connectivity index (χ1) is 12.6. The van der Waals surface area contributed by atoms with Gasteiger partial charge in [0.05, 0.1) is 11.4 Å². The first-order valence-electron chi connectivity index (χ1n) is 7.89. The number of nitrogens with one attached hydrogen (secondary N) is 1. The minimum atomic E-state index is -4.57. The van der Waals surface area contributed by atoms with Gasteiger partial charge >= 0.3 is 6.18 Å². The summed E-state index contributed by atoms with van der Waals surface area (Å²) in [7, 11) is -4.12. The van der Waals surface area contributed by atoms with Gasteiger partial charge in [-0.25, -0.2) is 8.42 Å². The van der Waals surface area contributed by atoms with Crippen molar-refractivity contribution in [2.24, 2.45) is 0 Å². The standard InChI is InChI=1S/C16H16F3N3O3S2/c1-10-5-11-3-2-4-13(14(11)20-6-10)27(24,25)22-9-26-7-12(22)15(23)21-8-16(17,18)19/h2-6,12H,7-9H2,1H3,(H,21,23)/t12-/m1/s1. The number of aryl methyl sites for hydroxylation is 1. The minimum absolute atomic E-state index is 0.0192. The van der Waals surface area contributed by atoms with Crippen molar-refractivity contribution in [2.75, 3.05) is 18.2 Å². The van der Waals surface area contributed by atoms with E-state index in [0.717, 1.165) is 9.87 Å². The van der Waals surface area contributed by atoms with Crippen molar-refractivity contribution in [3.8, 4) is 0 Å². The second kappa shape index (κ2) is 7.28. The number of para-hydroxylation sites is 1. The van der Waals surface area contributed by atoms with Crippen LogP contribution in [0.5, 0.6) is 0 Å². The van der Waals surface area contributed by atoms with Gasteiger partial charge in [0.25, 0.3) is 0 Å². The maximum absolute atomic E-state index is 13.1. The van der Waals surface area contributed by atoms with Gasteiger partial charge in [0.2, 0.25) is 15.9 Å². The predicted molar refractivity (Wildman–Crippen MR) is 95.7 cm³/mol. The van der Waals surface area contributed by atoms with Gasteiger partial charge in [0.1, 0.15) is 17.5 Å². The number of rotatable bonds is 4. The molecule has 1 aliphatic heterocycles. The summed E-state index contributed by atoms with van der Waals surface area (Å²) in [6.07, 6.45) is -3.03. The number of halogens is 3. The fraction of sp³-hybridized carbons (Fsp3) is 0.375. The largest absolute Gasteiger partial charge is 0.405 e. The highest BCUT2D eigenvalue weighted by atomic mass is 32.2. The molecule has 1 aliphatic rings. The third-order valence-corrected chi connectivity index (χ3v) is 7.07. The zero-order chi connectivity index (χ0) is 19.8. The predicted octanol–water partition coefficient (Wildman–Crippen LogP) is 2.29. The van der Waals surface area contributed by atoms with Gasteiger partial charge in [0, 0.05) is 17.3 Å². The Balaban J connectivity index is 1.93. The van der Waals surface area contributed by atoms with Crippen molar-refractivity contribution in [1.82, 2.24) is 14.6 Å². The van der Waals surface area contributed by atoms with Crippen LogP contribution in [0.4, 0.5) is 13.2 Å². The Morgan fingerprint density at radius 1 is 1.41 bits per heavy atom. The molecule has 0 spiro atoms. The lowest BCUT2D eigenvalue weighted by atomic mass is 10.2. The van der Waals surface area contributed by atoms with Crippen molar-refractivity contribution in [3.05, 3.63) is 36.0 Å². The molecule has 27 heavy (non-hydrogen) atoms. The number of fused-ring (bicyclic) bond motifs is 1. The second-order valence-corrected chi connectivity index (χ2v) is 8.94. The molecule has 1 amide bonds. The van der Waals surface area contributed by atoms with Crippen LogP contribution < -0.4 is 5.32 Å². The summed E-state index contributed by atoms with van der Waals surface area (Å²) in [4.78, 5) is 16.3. The Labute approximate surface area is 158 Å². The highest BCUT2D eigenvalue weighted by Gasteiger charge is 2.41. The van der Waals surface area contributed by atoms with Crippen molar-refractivity contribution in [1.29, 1.82) is 0 Å². The first-order valence-corrected chi connectivity index (χ1v) is 10.5. The number of carbonyl (C=O) groups excluding carboxylic acids is 1. The normalized spacial score (nSPS) is 18.7. The number of hydrogen-bond acceptors (Lipinski definition) is 5. The number of benzene rings is 1. The maximum Gasteiger partial charge on any atom is 0.405 e. The average Bonchev–Trinajstić information content (AvgIpc) is 3.09. The maximum atomic E-state index is 13.1. The number of carbonyl (C=O) groups is 1. The van der Waals surface area contributed by atoms with Gasteiger partial charge in [-0.3, -0.25) is 9.78 Å². The number of thioether (sulfide) groups is 1. The van der Waals surface area contributed by atoms with Crippen molar-refractivity contribution in [3.63, 3.8) is 0 Å². The summed E-state index contributed by atoms with van der Waals surface area (Å²) >= 11 is 1.17. The van der Waals surface area contributed by atoms with Crippen molar-refractivity contribution in [2.45, 2.75) is 24.0 Å². The van der Waals surface area contributed by atoms with Crippen LogP contribution in [0, 0.1) is 6.92 Å². The minimum Gasteiger partial charge on any atom is -0.346 e. The Kier molecular flexibility index (Phi) is 5.37. The molecule has 2 aromatic rings. The lowest BCUT2D eigenvalue weighted by molar-refractivity contribution is -0.140. The third kappa shape index (κ3) is 4.19. The molecule has 1 N–H and O–H groups in total. The Morgan fingerprint density at radius 2 is 2.15 bits per heavy atom. The molecule has 0 unspecified atom stereocenters. The Bertz CT molecular complexity index is 980. The molecule has 1 aromatic heterocycles. The molecule has 0 radical (unpaired) electrons. The van der Waals surface area contributed by atoms with E-state index in [1.54, 1.807) is 23.5 Å². The monoisotopic (exact) mass is 419 g/mol. The van der Waals surface area contributed by atoms with Crippen LogP contribution in [-0.4, -0.2) is 54.0 Å². The topological polar surface area (TPSA) is 79.4 Å². The van der Waals surface area contributed by atoms with E-state index in [4.69, 9.17) is 0 Å². The van der Waals surface area contributed by atoms with Crippen LogP contribution in [0.25, 0.3) is 10.9 Å². The van der Waals surface area contributed by atoms with Gasteiger partial charge in [-0.05, 0) is 24.6 Å². The quantitative estimate of drug-likeness (QED) is 0.823. The van der Waals surface area contributed by atoms with Crippen LogP contribution in [-0.2, 0) is 14.8 Å². The average molecular weight is 419 g/mol. The van der Waals surface area contributed by atoms with Gasteiger partial charge in [-0.2, -0.15) is 17.5 Å². The molecule has 1 aromatic carbocycles. The van der Waals surface area contributed by atoms with Crippen LogP contribution in [0.15, 0.2) is 35.4 Å². The molecule has 2 heterocycles. The van der Waals surface area contributed by atoms with E-state index in [9.17, 15) is 26.4 Å². The van der Waals surface area contributed by atoms with Crippen LogP contribution in [0.1, 0.15) is 5.56 Å². The molecule has 0 bridgehead atoms. The van der Waals surface area contributed by atoms with E-state index in [0.29, 0.717) is 5.39 Å². The molecule has 1 atom stereocenters. The van der Waals surface area contributed by atoms with E-state index < -0.39 is 34.7 Å². The molecule has 1 fully saturated rings. The smallest absolute Gasteiger partial charge is 0.346 e. The summed E-state index contributed by atoms with van der Waals surface area (Å²) in [5, 5.41) is 2.39. The fourth-order valence-corrected chi connectivity index (χ4v) is 6.07. The van der Waals surface area contributed by atoms with Gasteiger partial charge in [-0.15, -0.1) is 11.8 Å². The van der Waals surface area contributed by atoms with E-state index in [1.807, 2.05) is 6.92 Å². The fourth-order valence-electron chi connectivity index (χ4n) is 2.75. The van der Waals surface area contributed by atoms with E-state index in [2.05, 4.69) is 4.98 Å². The SMILES string of the molecule is Cc1cnc2c(S(=O)(=O)N3CSC[C@@H]3C(=O)NCC(F)(F)F)cccc2c1. The number of pyridine rings is 1. The van der Waals surface area contributed by atoms with E-state index in [1.165, 1.54) is 24.0 Å². The zero-order valence-corrected chi connectivity index (χ0v) is 15.8. The molecule has 11 heteroatoms. The Hall–Kier alpha value is -1.85. The molecule has 6 nitrogen and oxygen atoms in total. The van der Waals surface area contributed by atoms with Crippen molar-refractivity contribution >= 4 is 38.6 Å². The van der Waals surface area contributed by atoms with Crippen LogP contribution >= 0.6 is 11.8 Å². The number of alkyl halides is 3. The molecule has 0 aliphatic carbocycles. The number of hydrogen-bond donors (Lipinski definition) is 1. The van der Waals surface area contributed by atoms with Crippen LogP contribution in [0.2, 0.25) is 0 Å². The summed E-state index contributed by atoms with van der Waals surface area (Å²) in [6.45, 7) is 0.321. The lowest BCUT2D eigenvalue weighted by Gasteiger charge is -2.23. The summed E-state index contributed by atoms with van der Waals surface area (Å²) in [5.74, 6) is -0.903. The molecule has 1 saturated heterocycles. The number of aromatic nitrogens is 1. The highest BCUT2D eigenvalue weighted by molar-refractivity contribution is 8.00. The van der Waals surface area contributed by atoms with Crippen molar-refractivity contribution < 1.29 is 26.4 Å². The number of amides is 1. The van der Waals surface area contributed by atoms with Gasteiger partial charge < -0.3 is 5.32 Å². The molecular weight excluding hydrogens is 403 g/mol. The molecule has 0 saturated carbocycles. The molecule has 146 valence electrons. The molecular formula is C16H16F3N3O3S2. The summed E-state index contributed by atoms with van der Waals surface area (Å²) < 4.78 is 64.2. The number of nitrogens with zero attached hydrogens (tertiary/aromatic N) is 2. The first kappa shape index (κ1) is 19.9. The lowest BCUT2D eigenvalue weighted by Crippen LogP contribution is -2.49. The highest BCUT2D eigenvalue weighted by Crippen LogP contribution is 2.31. The van der Waals surface area contributed by atoms with E-state index in [-0.39, 0.29) is 22.0 Å². The van der Waals surface area contributed by atoms with E-state index >= 15 is 0 Å². The van der Waals surface area contributed by atoms with Gasteiger partial charge in [-0.1, -0.05) is 12.1 Å². The second-order valence-electron chi connectivity index (χ2n) is 6.08. The molecule has 3 rings (SSSR count). The summed E-state index contributed by atoms with van der Waals surface area (Å²) in [5.41, 5.74) is 1.12.